The fraction of sp³-hybridized carbons (Fsp3) is 0.276. The van der Waals surface area contributed by atoms with Crippen molar-refractivity contribution in [2.45, 2.75) is 31.1 Å². The first-order chi connectivity index (χ1) is 19.8. The minimum Gasteiger partial charge on any atom is -0.478 e. The second-order valence-corrected chi connectivity index (χ2v) is 9.98. The van der Waals surface area contributed by atoms with E-state index in [0.717, 1.165) is 5.56 Å². The topological polar surface area (TPSA) is 71.2 Å². The lowest BCUT2D eigenvalue weighted by Gasteiger charge is -2.32. The molecule has 1 N–H and O–H groups in total. The van der Waals surface area contributed by atoms with Crippen LogP contribution < -0.4 is 0 Å². The fourth-order valence-electron chi connectivity index (χ4n) is 5.24. The zero-order valence-corrected chi connectivity index (χ0v) is 21.8. The lowest BCUT2D eigenvalue weighted by molar-refractivity contribution is -0.148. The van der Waals surface area contributed by atoms with Gasteiger partial charge in [0.1, 0.15) is 11.4 Å². The Labute approximate surface area is 235 Å². The number of halogens is 7. The van der Waals surface area contributed by atoms with Gasteiger partial charge in [0.15, 0.2) is 11.5 Å². The Kier molecular flexibility index (Phi) is 7.80. The highest BCUT2D eigenvalue weighted by Gasteiger charge is 2.41. The van der Waals surface area contributed by atoms with Crippen molar-refractivity contribution in [3.05, 3.63) is 89.5 Å². The van der Waals surface area contributed by atoms with Gasteiger partial charge in [0.25, 0.3) is 0 Å². The molecule has 2 aromatic carbocycles. The molecule has 0 unspecified atom stereocenters. The molecule has 0 spiro atoms. The number of pyridine rings is 1. The summed E-state index contributed by atoms with van der Waals surface area (Å²) in [4.78, 5) is 17.0. The first-order valence-electron chi connectivity index (χ1n) is 12.9. The number of alkyl halides is 6. The third kappa shape index (κ3) is 6.30. The second-order valence-electron chi connectivity index (χ2n) is 9.98. The molecule has 1 aliphatic heterocycles. The number of benzene rings is 2. The summed E-state index contributed by atoms with van der Waals surface area (Å²) in [5.41, 5.74) is 0.0369. The Morgan fingerprint density at radius 1 is 0.929 bits per heavy atom. The van der Waals surface area contributed by atoms with Gasteiger partial charge in [-0.2, -0.15) is 31.4 Å². The van der Waals surface area contributed by atoms with Crippen molar-refractivity contribution in [2.75, 3.05) is 19.6 Å². The SMILES string of the molecule is O=C(O)c1cnn(-c2cccc(-c3cc(F)ccc3-c3ccc(C4CCN(CC(F)(F)F)CC4)cc3)n2)c1C(F)(F)F. The smallest absolute Gasteiger partial charge is 0.434 e. The van der Waals surface area contributed by atoms with Gasteiger partial charge in [-0.3, -0.25) is 4.90 Å². The number of nitrogens with zero attached hydrogens (tertiary/aromatic N) is 4. The van der Waals surface area contributed by atoms with Gasteiger partial charge >= 0.3 is 18.3 Å². The Morgan fingerprint density at radius 2 is 1.62 bits per heavy atom. The van der Waals surface area contributed by atoms with Crippen molar-refractivity contribution in [3.63, 3.8) is 0 Å². The number of carbonyl (C=O) groups is 1. The summed E-state index contributed by atoms with van der Waals surface area (Å²) in [5.74, 6) is -2.63. The average molecular weight is 593 g/mol. The van der Waals surface area contributed by atoms with Crippen LogP contribution in [0.3, 0.4) is 0 Å². The van der Waals surface area contributed by atoms with Crippen molar-refractivity contribution in [1.82, 2.24) is 19.7 Å². The third-order valence-electron chi connectivity index (χ3n) is 7.16. The quantitative estimate of drug-likeness (QED) is 0.240. The predicted molar refractivity (Wildman–Crippen MR) is 139 cm³/mol. The van der Waals surface area contributed by atoms with E-state index in [2.05, 4.69) is 10.1 Å². The van der Waals surface area contributed by atoms with Gasteiger partial charge in [-0.15, -0.1) is 0 Å². The van der Waals surface area contributed by atoms with Crippen LogP contribution in [-0.2, 0) is 6.18 Å². The van der Waals surface area contributed by atoms with E-state index in [0.29, 0.717) is 47.9 Å². The molecule has 4 aromatic rings. The second kappa shape index (κ2) is 11.2. The summed E-state index contributed by atoms with van der Waals surface area (Å²) in [6, 6.07) is 15.4. The molecule has 0 aliphatic carbocycles. The Morgan fingerprint density at radius 3 is 2.24 bits per heavy atom. The number of piperidine rings is 1. The van der Waals surface area contributed by atoms with Gasteiger partial charge in [-0.05, 0) is 72.8 Å². The van der Waals surface area contributed by atoms with Gasteiger partial charge in [-0.1, -0.05) is 36.4 Å². The molecule has 42 heavy (non-hydrogen) atoms. The molecule has 220 valence electrons. The molecular weight excluding hydrogens is 569 g/mol. The summed E-state index contributed by atoms with van der Waals surface area (Å²) in [7, 11) is 0. The number of aromatic nitrogens is 3. The van der Waals surface area contributed by atoms with E-state index in [1.165, 1.54) is 41.3 Å². The van der Waals surface area contributed by atoms with Gasteiger partial charge in [0, 0.05) is 5.56 Å². The molecular formula is C29H23F7N4O2. The molecule has 6 nitrogen and oxygen atoms in total. The standard InChI is InChI=1S/C29H23F7N4O2/c30-20-8-9-21(19-6-4-17(5-7-19)18-10-12-39(13-11-18)16-28(31,32)33)22(14-20)24-2-1-3-25(38-24)40-26(29(34,35)36)23(15-37-40)27(41)42/h1-9,14-15,18H,10-13,16H2,(H,41,42). The minimum absolute atomic E-state index is 0.0853. The third-order valence-corrected chi connectivity index (χ3v) is 7.16. The van der Waals surface area contributed by atoms with E-state index in [1.807, 2.05) is 12.1 Å². The van der Waals surface area contributed by atoms with Crippen molar-refractivity contribution in [1.29, 1.82) is 0 Å². The molecule has 5 rings (SSSR count). The zero-order valence-electron chi connectivity index (χ0n) is 21.8. The molecule has 0 saturated carbocycles. The number of carboxylic acid groups (broad SMARTS) is 1. The molecule has 0 atom stereocenters. The number of hydrogen-bond acceptors (Lipinski definition) is 4. The maximum absolute atomic E-state index is 14.4. The lowest BCUT2D eigenvalue weighted by Crippen LogP contribution is -2.39. The summed E-state index contributed by atoms with van der Waals surface area (Å²) in [6.45, 7) is -0.271. The Balaban J connectivity index is 1.44. The first kappa shape index (κ1) is 29.2. The van der Waals surface area contributed by atoms with E-state index in [1.54, 1.807) is 12.1 Å². The molecule has 1 fully saturated rings. The first-order valence-corrected chi connectivity index (χ1v) is 12.9. The van der Waals surface area contributed by atoms with Crippen LogP contribution in [0.15, 0.2) is 66.9 Å². The van der Waals surface area contributed by atoms with Crippen molar-refractivity contribution in [3.8, 4) is 28.2 Å². The molecule has 0 bridgehead atoms. The highest BCUT2D eigenvalue weighted by molar-refractivity contribution is 5.89. The zero-order chi connectivity index (χ0) is 30.2. The van der Waals surface area contributed by atoms with Crippen molar-refractivity contribution < 1.29 is 40.6 Å². The fourth-order valence-corrected chi connectivity index (χ4v) is 5.24. The molecule has 3 heterocycles. The van der Waals surface area contributed by atoms with Crippen LogP contribution in [0.2, 0.25) is 0 Å². The monoisotopic (exact) mass is 592 g/mol. The van der Waals surface area contributed by atoms with Crippen LogP contribution in [0.1, 0.15) is 40.4 Å². The maximum atomic E-state index is 14.4. The lowest BCUT2D eigenvalue weighted by atomic mass is 9.88. The number of carboxylic acids is 1. The van der Waals surface area contributed by atoms with Gasteiger partial charge in [0.2, 0.25) is 0 Å². The average Bonchev–Trinajstić information content (AvgIpc) is 3.40. The number of hydrogen-bond donors (Lipinski definition) is 1. The van der Waals surface area contributed by atoms with Gasteiger partial charge < -0.3 is 5.11 Å². The van der Waals surface area contributed by atoms with Crippen LogP contribution in [-0.4, -0.2) is 56.6 Å². The number of rotatable bonds is 6. The van der Waals surface area contributed by atoms with E-state index in [9.17, 15) is 40.6 Å². The minimum atomic E-state index is -5.04. The van der Waals surface area contributed by atoms with E-state index in [4.69, 9.17) is 0 Å². The van der Waals surface area contributed by atoms with Crippen molar-refractivity contribution in [2.24, 2.45) is 0 Å². The summed E-state index contributed by atoms with van der Waals surface area (Å²) in [5, 5.41) is 12.8. The van der Waals surface area contributed by atoms with Gasteiger partial charge in [0.05, 0.1) is 18.4 Å². The van der Waals surface area contributed by atoms with Crippen LogP contribution >= 0.6 is 0 Å². The maximum Gasteiger partial charge on any atom is 0.434 e. The normalized spacial score (nSPS) is 15.2. The van der Waals surface area contributed by atoms with E-state index in [-0.39, 0.29) is 23.0 Å². The molecule has 0 radical (unpaired) electrons. The largest absolute Gasteiger partial charge is 0.478 e. The van der Waals surface area contributed by atoms with Crippen LogP contribution in [0, 0.1) is 5.82 Å². The highest BCUT2D eigenvalue weighted by Crippen LogP contribution is 2.37. The van der Waals surface area contributed by atoms with Crippen LogP contribution in [0.4, 0.5) is 30.7 Å². The Hall–Kier alpha value is -4.26. The van der Waals surface area contributed by atoms with Crippen LogP contribution in [0.5, 0.6) is 0 Å². The summed E-state index contributed by atoms with van der Waals surface area (Å²) < 4.78 is 94.2. The summed E-state index contributed by atoms with van der Waals surface area (Å²) in [6.07, 6.45) is -7.54. The highest BCUT2D eigenvalue weighted by atomic mass is 19.4. The summed E-state index contributed by atoms with van der Waals surface area (Å²) >= 11 is 0. The number of likely N-dealkylation sites (tertiary alicyclic amines) is 1. The predicted octanol–water partition coefficient (Wildman–Crippen LogP) is 7.20. The van der Waals surface area contributed by atoms with Crippen LogP contribution in [0.25, 0.3) is 28.2 Å². The molecule has 0 amide bonds. The molecule has 2 aromatic heterocycles. The molecule has 1 saturated heterocycles. The van der Waals surface area contributed by atoms with E-state index < -0.39 is 41.9 Å². The Bertz CT molecular complexity index is 1590. The number of aromatic carboxylic acids is 1. The van der Waals surface area contributed by atoms with E-state index >= 15 is 0 Å². The van der Waals surface area contributed by atoms with Gasteiger partial charge in [-0.25, -0.2) is 18.9 Å². The molecule has 13 heteroatoms. The van der Waals surface area contributed by atoms with Crippen molar-refractivity contribution >= 4 is 5.97 Å². The molecule has 1 aliphatic rings.